The largest absolute Gasteiger partial charge is 0.309 e. The average molecular weight is 352 g/mol. The van der Waals surface area contributed by atoms with Crippen LogP contribution < -0.4 is 4.31 Å². The Hall–Kier alpha value is -2.36. The minimum absolute atomic E-state index is 0.150. The molecule has 6 heteroatoms. The fraction of sp³-hybridized carbons (Fsp3) is 0.316. The molecule has 0 aromatic heterocycles. The molecule has 2 unspecified atom stereocenters. The van der Waals surface area contributed by atoms with E-state index in [2.05, 4.69) is 36.5 Å². The summed E-state index contributed by atoms with van der Waals surface area (Å²) in [5.74, 6) is 0. The van der Waals surface area contributed by atoms with Gasteiger partial charge >= 0.3 is 0 Å². The van der Waals surface area contributed by atoms with Crippen molar-refractivity contribution in [1.29, 1.82) is 5.26 Å². The second-order valence-corrected chi connectivity index (χ2v) is 7.98. The van der Waals surface area contributed by atoms with Crippen molar-refractivity contribution in [3.8, 4) is 17.3 Å². The summed E-state index contributed by atoms with van der Waals surface area (Å²) in [5, 5.41) is 9.09. The molecule has 0 radical (unpaired) electrons. The highest BCUT2D eigenvalue weighted by Gasteiger charge is 2.36. The summed E-state index contributed by atoms with van der Waals surface area (Å²) in [4.78, 5) is 1.75. The Balaban J connectivity index is 1.66. The van der Waals surface area contributed by atoms with Crippen LogP contribution in [-0.4, -0.2) is 39.6 Å². The molecule has 2 aliphatic rings. The second-order valence-electron chi connectivity index (χ2n) is 6.50. The molecule has 2 aromatic rings. The Morgan fingerprint density at radius 3 is 2.68 bits per heavy atom. The number of benzene rings is 2. The van der Waals surface area contributed by atoms with Gasteiger partial charge < -0.3 is 4.90 Å². The van der Waals surface area contributed by atoms with Crippen molar-refractivity contribution >= 4 is 16.9 Å². The Bertz CT molecular complexity index is 848. The lowest BCUT2D eigenvalue weighted by atomic mass is 10.0. The third kappa shape index (κ3) is 2.90. The molecule has 2 heterocycles. The van der Waals surface area contributed by atoms with Crippen LogP contribution >= 0.6 is 0 Å². The molecule has 0 aliphatic carbocycles. The molecular weight excluding hydrogens is 332 g/mol. The lowest BCUT2D eigenvalue weighted by Gasteiger charge is -2.37. The van der Waals surface area contributed by atoms with Gasteiger partial charge in [-0.15, -0.1) is 0 Å². The first-order chi connectivity index (χ1) is 12.2. The van der Waals surface area contributed by atoms with E-state index in [1.165, 1.54) is 16.7 Å². The van der Waals surface area contributed by atoms with Crippen molar-refractivity contribution in [2.24, 2.45) is 0 Å². The monoisotopic (exact) mass is 352 g/mol. The third-order valence-corrected chi connectivity index (χ3v) is 6.49. The maximum atomic E-state index is 12.9. The zero-order chi connectivity index (χ0) is 17.4. The number of nitrogens with zero attached hydrogens (tertiary/aromatic N) is 4. The van der Waals surface area contributed by atoms with Gasteiger partial charge in [-0.3, -0.25) is 4.31 Å². The van der Waals surface area contributed by atoms with Crippen LogP contribution in [0.15, 0.2) is 48.5 Å². The molecular formula is C19H20N4OS. The fourth-order valence-electron chi connectivity index (χ4n) is 3.62. The Kier molecular flexibility index (Phi) is 4.20. The number of rotatable bonds is 2. The van der Waals surface area contributed by atoms with E-state index < -0.39 is 11.2 Å². The van der Waals surface area contributed by atoms with Crippen LogP contribution in [0.4, 0.5) is 5.69 Å². The molecule has 0 N–H and O–H groups in total. The molecule has 1 fully saturated rings. The molecule has 2 aliphatic heterocycles. The van der Waals surface area contributed by atoms with Crippen LogP contribution in [0.25, 0.3) is 11.1 Å². The summed E-state index contributed by atoms with van der Waals surface area (Å²) in [7, 11) is 1.88. The first kappa shape index (κ1) is 16.1. The van der Waals surface area contributed by atoms with Gasteiger partial charge in [0.05, 0.1) is 5.69 Å². The Morgan fingerprint density at radius 1 is 1.16 bits per heavy atom. The first-order valence-electron chi connectivity index (χ1n) is 8.43. The van der Waals surface area contributed by atoms with Gasteiger partial charge in [0.1, 0.15) is 0 Å². The zero-order valence-electron chi connectivity index (χ0n) is 14.1. The summed E-state index contributed by atoms with van der Waals surface area (Å²) >= 11 is -1.21. The van der Waals surface area contributed by atoms with Gasteiger partial charge in [0.25, 0.3) is 0 Å². The van der Waals surface area contributed by atoms with Gasteiger partial charge in [-0.05, 0) is 35.2 Å². The quantitative estimate of drug-likeness (QED) is 0.781. The number of nitriles is 1. The van der Waals surface area contributed by atoms with E-state index in [9.17, 15) is 4.21 Å². The molecule has 0 bridgehead atoms. The standard InChI is InChI=1S/C19H20N4OS/c1-21-19-8-7-16(15-5-3-2-4-6-15)11-17(19)12-23(25(21)24)18-9-10-22(13-18)14-20/h2-8,11,18H,9-10,12-13H2,1H3. The molecule has 4 rings (SSSR count). The van der Waals surface area contributed by atoms with Crippen LogP contribution in [0.3, 0.4) is 0 Å². The van der Waals surface area contributed by atoms with E-state index in [0.717, 1.165) is 18.7 Å². The molecule has 2 atom stereocenters. The van der Waals surface area contributed by atoms with Crippen molar-refractivity contribution in [2.75, 3.05) is 24.4 Å². The number of anilines is 1. The fourth-order valence-corrected chi connectivity index (χ4v) is 4.96. The SMILES string of the molecule is CN1c2ccc(-c3ccccc3)cc2CN(C2CCN(C#N)C2)S1=O. The van der Waals surface area contributed by atoms with E-state index in [1.54, 1.807) is 4.90 Å². The summed E-state index contributed by atoms with van der Waals surface area (Å²) < 4.78 is 16.7. The van der Waals surface area contributed by atoms with Crippen molar-refractivity contribution in [3.05, 3.63) is 54.1 Å². The third-order valence-electron chi connectivity index (χ3n) is 5.00. The van der Waals surface area contributed by atoms with Crippen LogP contribution in [0.2, 0.25) is 0 Å². The van der Waals surface area contributed by atoms with E-state index in [0.29, 0.717) is 13.1 Å². The van der Waals surface area contributed by atoms with Gasteiger partial charge in [0, 0.05) is 32.7 Å². The Labute approximate surface area is 150 Å². The van der Waals surface area contributed by atoms with Gasteiger partial charge in [-0.1, -0.05) is 36.4 Å². The van der Waals surface area contributed by atoms with E-state index >= 15 is 0 Å². The van der Waals surface area contributed by atoms with Crippen LogP contribution in [0.5, 0.6) is 0 Å². The van der Waals surface area contributed by atoms with Crippen molar-refractivity contribution in [2.45, 2.75) is 19.0 Å². The lowest BCUT2D eigenvalue weighted by Crippen LogP contribution is -2.47. The first-order valence-corrected chi connectivity index (χ1v) is 9.49. The van der Waals surface area contributed by atoms with Crippen LogP contribution in [-0.2, 0) is 17.7 Å². The smallest absolute Gasteiger partial charge is 0.199 e. The van der Waals surface area contributed by atoms with Gasteiger partial charge in [-0.25, -0.2) is 4.21 Å². The van der Waals surface area contributed by atoms with Gasteiger partial charge in [-0.2, -0.15) is 9.57 Å². The minimum atomic E-state index is -1.21. The molecule has 25 heavy (non-hydrogen) atoms. The molecule has 2 aromatic carbocycles. The minimum Gasteiger partial charge on any atom is -0.309 e. The lowest BCUT2D eigenvalue weighted by molar-refractivity contribution is 0.327. The van der Waals surface area contributed by atoms with E-state index in [4.69, 9.17) is 5.26 Å². The number of fused-ring (bicyclic) bond motifs is 1. The topological polar surface area (TPSA) is 50.6 Å². The number of hydrogen-bond acceptors (Lipinski definition) is 3. The molecule has 128 valence electrons. The maximum absolute atomic E-state index is 12.9. The summed E-state index contributed by atoms with van der Waals surface area (Å²) in [6.07, 6.45) is 3.08. The molecule has 1 saturated heterocycles. The summed E-state index contributed by atoms with van der Waals surface area (Å²) in [5.41, 5.74) is 4.55. The molecule has 0 spiro atoms. The van der Waals surface area contributed by atoms with Gasteiger partial charge in [0.15, 0.2) is 17.4 Å². The van der Waals surface area contributed by atoms with E-state index in [-0.39, 0.29) is 6.04 Å². The van der Waals surface area contributed by atoms with Crippen LogP contribution in [0, 0.1) is 11.5 Å². The second kappa shape index (κ2) is 6.51. The highest BCUT2D eigenvalue weighted by molar-refractivity contribution is 7.84. The predicted molar refractivity (Wildman–Crippen MR) is 99.6 cm³/mol. The predicted octanol–water partition coefficient (Wildman–Crippen LogP) is 2.74. The molecule has 0 saturated carbocycles. The molecule has 0 amide bonds. The maximum Gasteiger partial charge on any atom is 0.199 e. The number of likely N-dealkylation sites (tertiary alicyclic amines) is 1. The van der Waals surface area contributed by atoms with E-state index in [1.807, 2.05) is 33.9 Å². The normalized spacial score (nSPS) is 23.4. The number of hydrogen-bond donors (Lipinski definition) is 0. The van der Waals surface area contributed by atoms with Crippen LogP contribution in [0.1, 0.15) is 12.0 Å². The Morgan fingerprint density at radius 2 is 1.96 bits per heavy atom. The van der Waals surface area contributed by atoms with Crippen molar-refractivity contribution < 1.29 is 4.21 Å². The molecule has 5 nitrogen and oxygen atoms in total. The van der Waals surface area contributed by atoms with Crippen molar-refractivity contribution in [3.63, 3.8) is 0 Å². The highest BCUT2D eigenvalue weighted by Crippen LogP contribution is 2.35. The summed E-state index contributed by atoms with van der Waals surface area (Å²) in [6.45, 7) is 2.05. The van der Waals surface area contributed by atoms with Crippen molar-refractivity contribution in [1.82, 2.24) is 9.21 Å². The zero-order valence-corrected chi connectivity index (χ0v) is 14.9. The summed E-state index contributed by atoms with van der Waals surface area (Å²) in [6, 6.07) is 16.8. The van der Waals surface area contributed by atoms with Gasteiger partial charge in [0.2, 0.25) is 0 Å². The average Bonchev–Trinajstić information content (AvgIpc) is 3.14. The highest BCUT2D eigenvalue weighted by atomic mass is 32.2.